The van der Waals surface area contributed by atoms with Crippen molar-refractivity contribution in [3.8, 4) is 5.75 Å². The van der Waals surface area contributed by atoms with E-state index < -0.39 is 0 Å². The van der Waals surface area contributed by atoms with E-state index in [0.29, 0.717) is 12.1 Å². The normalized spacial score (nSPS) is 11.1. The smallest absolute Gasteiger partial charge is 0.253 e. The highest BCUT2D eigenvalue weighted by molar-refractivity contribution is 5.94. The number of nitrogens with zero attached hydrogens (tertiary/aromatic N) is 2. The summed E-state index contributed by atoms with van der Waals surface area (Å²) >= 11 is 0. The summed E-state index contributed by atoms with van der Waals surface area (Å²) in [6.07, 6.45) is 1.66. The Kier molecular flexibility index (Phi) is 9.02. The van der Waals surface area contributed by atoms with Crippen LogP contribution in [-0.2, 0) is 12.8 Å². The minimum Gasteiger partial charge on any atom is -0.497 e. The van der Waals surface area contributed by atoms with Gasteiger partial charge in [0.15, 0.2) is 5.96 Å². The first-order valence-corrected chi connectivity index (χ1v) is 9.99. The number of carbonyl (C=O) groups is 1. The standard InChI is InChI=1S/C23H32N4O2/c1-5-24-23(26-15-13-19-9-7-11-21(17-19)29-4)25-14-12-18-8-6-10-20(16-18)22(28)27(2)3/h6-11,16-17H,5,12-15H2,1-4H3,(H2,24,25,26). The first kappa shape index (κ1) is 22.3. The maximum atomic E-state index is 12.1. The summed E-state index contributed by atoms with van der Waals surface area (Å²) in [4.78, 5) is 18.4. The monoisotopic (exact) mass is 396 g/mol. The van der Waals surface area contributed by atoms with Gasteiger partial charge in [0.2, 0.25) is 0 Å². The summed E-state index contributed by atoms with van der Waals surface area (Å²) in [5.41, 5.74) is 3.04. The molecule has 0 unspecified atom stereocenters. The number of nitrogens with one attached hydrogen (secondary N) is 2. The Bertz CT molecular complexity index is 818. The van der Waals surface area contributed by atoms with Crippen molar-refractivity contribution >= 4 is 11.9 Å². The van der Waals surface area contributed by atoms with Crippen LogP contribution in [0.1, 0.15) is 28.4 Å². The Morgan fingerprint density at radius 3 is 2.45 bits per heavy atom. The highest BCUT2D eigenvalue weighted by atomic mass is 16.5. The molecule has 2 N–H and O–H groups in total. The number of aliphatic imine (C=N–C) groups is 1. The van der Waals surface area contributed by atoms with Crippen molar-refractivity contribution in [2.24, 2.45) is 4.99 Å². The lowest BCUT2D eigenvalue weighted by molar-refractivity contribution is 0.0827. The van der Waals surface area contributed by atoms with E-state index >= 15 is 0 Å². The Morgan fingerprint density at radius 2 is 1.76 bits per heavy atom. The van der Waals surface area contributed by atoms with Gasteiger partial charge < -0.3 is 20.3 Å². The zero-order chi connectivity index (χ0) is 21.1. The van der Waals surface area contributed by atoms with E-state index in [-0.39, 0.29) is 5.91 Å². The maximum Gasteiger partial charge on any atom is 0.253 e. The molecular weight excluding hydrogens is 364 g/mol. The van der Waals surface area contributed by atoms with Crippen molar-refractivity contribution in [1.82, 2.24) is 15.5 Å². The van der Waals surface area contributed by atoms with E-state index in [4.69, 9.17) is 4.74 Å². The van der Waals surface area contributed by atoms with Crippen molar-refractivity contribution < 1.29 is 9.53 Å². The van der Waals surface area contributed by atoms with Crippen LogP contribution >= 0.6 is 0 Å². The molecule has 156 valence electrons. The van der Waals surface area contributed by atoms with E-state index in [0.717, 1.165) is 43.2 Å². The Hall–Kier alpha value is -3.02. The zero-order valence-electron chi connectivity index (χ0n) is 17.9. The molecule has 2 aromatic rings. The number of hydrogen-bond acceptors (Lipinski definition) is 3. The van der Waals surface area contributed by atoms with E-state index in [1.165, 1.54) is 5.56 Å². The SMILES string of the molecule is CCNC(=NCCc1cccc(OC)c1)NCCc1cccc(C(=O)N(C)C)c1. The number of guanidine groups is 1. The van der Waals surface area contributed by atoms with Crippen LogP contribution < -0.4 is 15.4 Å². The molecule has 0 radical (unpaired) electrons. The molecule has 0 aromatic heterocycles. The predicted octanol–water partition coefficient (Wildman–Crippen LogP) is 2.74. The van der Waals surface area contributed by atoms with E-state index in [9.17, 15) is 4.79 Å². The molecule has 6 heteroatoms. The average molecular weight is 397 g/mol. The number of benzene rings is 2. The third kappa shape index (κ3) is 7.49. The second-order valence-corrected chi connectivity index (χ2v) is 6.94. The third-order valence-corrected chi connectivity index (χ3v) is 4.44. The van der Waals surface area contributed by atoms with E-state index in [1.807, 2.05) is 42.5 Å². The molecule has 0 aliphatic rings. The van der Waals surface area contributed by atoms with Crippen LogP contribution in [0.4, 0.5) is 0 Å². The lowest BCUT2D eigenvalue weighted by Crippen LogP contribution is -2.38. The van der Waals surface area contributed by atoms with Gasteiger partial charge in [-0.1, -0.05) is 24.3 Å². The molecule has 0 saturated carbocycles. The molecule has 0 heterocycles. The number of ether oxygens (including phenoxy) is 1. The van der Waals surface area contributed by atoms with Gasteiger partial charge in [0.25, 0.3) is 5.91 Å². The van der Waals surface area contributed by atoms with Crippen molar-refractivity contribution in [1.29, 1.82) is 0 Å². The largest absolute Gasteiger partial charge is 0.497 e. The molecule has 2 rings (SSSR count). The van der Waals surface area contributed by atoms with E-state index in [2.05, 4.69) is 28.6 Å². The van der Waals surface area contributed by atoms with Crippen molar-refractivity contribution in [2.45, 2.75) is 19.8 Å². The van der Waals surface area contributed by atoms with Crippen LogP contribution in [0.25, 0.3) is 0 Å². The molecule has 0 atom stereocenters. The Morgan fingerprint density at radius 1 is 1.03 bits per heavy atom. The second kappa shape index (κ2) is 11.7. The summed E-state index contributed by atoms with van der Waals surface area (Å²) in [6, 6.07) is 15.8. The zero-order valence-corrected chi connectivity index (χ0v) is 17.9. The first-order chi connectivity index (χ1) is 14.0. The molecule has 0 aliphatic heterocycles. The minimum absolute atomic E-state index is 0.0206. The fourth-order valence-electron chi connectivity index (χ4n) is 2.91. The van der Waals surface area contributed by atoms with Crippen LogP contribution in [0, 0.1) is 0 Å². The third-order valence-electron chi connectivity index (χ3n) is 4.44. The number of carbonyl (C=O) groups excluding carboxylic acids is 1. The average Bonchev–Trinajstić information content (AvgIpc) is 2.73. The fourth-order valence-corrected chi connectivity index (χ4v) is 2.91. The summed E-state index contributed by atoms with van der Waals surface area (Å²) in [5.74, 6) is 1.69. The highest BCUT2D eigenvalue weighted by Crippen LogP contribution is 2.13. The molecular formula is C23H32N4O2. The number of rotatable bonds is 9. The van der Waals surface area contributed by atoms with Crippen molar-refractivity contribution in [3.63, 3.8) is 0 Å². The molecule has 0 bridgehead atoms. The number of hydrogen-bond donors (Lipinski definition) is 2. The topological polar surface area (TPSA) is 66.0 Å². The molecule has 0 saturated heterocycles. The van der Waals surface area contributed by atoms with Crippen LogP contribution in [0.15, 0.2) is 53.5 Å². The van der Waals surface area contributed by atoms with Gasteiger partial charge in [-0.05, 0) is 55.2 Å². The fraction of sp³-hybridized carbons (Fsp3) is 0.391. The van der Waals surface area contributed by atoms with Crippen LogP contribution in [0.3, 0.4) is 0 Å². The van der Waals surface area contributed by atoms with Gasteiger partial charge in [0.05, 0.1) is 7.11 Å². The summed E-state index contributed by atoms with van der Waals surface area (Å²) < 4.78 is 5.27. The summed E-state index contributed by atoms with van der Waals surface area (Å²) in [7, 11) is 5.21. The second-order valence-electron chi connectivity index (χ2n) is 6.94. The van der Waals surface area contributed by atoms with E-state index in [1.54, 1.807) is 26.1 Å². The minimum atomic E-state index is 0.0206. The van der Waals surface area contributed by atoms with Gasteiger partial charge in [0.1, 0.15) is 5.75 Å². The number of methoxy groups -OCH3 is 1. The maximum absolute atomic E-state index is 12.1. The molecule has 29 heavy (non-hydrogen) atoms. The lowest BCUT2D eigenvalue weighted by Gasteiger charge is -2.13. The quantitative estimate of drug-likeness (QED) is 0.505. The van der Waals surface area contributed by atoms with Gasteiger partial charge in [0, 0.05) is 39.3 Å². The van der Waals surface area contributed by atoms with Crippen LogP contribution in [0.5, 0.6) is 5.75 Å². The van der Waals surface area contributed by atoms with Crippen LogP contribution in [-0.4, -0.2) is 57.6 Å². The highest BCUT2D eigenvalue weighted by Gasteiger charge is 2.08. The van der Waals surface area contributed by atoms with Gasteiger partial charge >= 0.3 is 0 Å². The van der Waals surface area contributed by atoms with Crippen LogP contribution in [0.2, 0.25) is 0 Å². The van der Waals surface area contributed by atoms with Gasteiger partial charge in [-0.3, -0.25) is 9.79 Å². The lowest BCUT2D eigenvalue weighted by atomic mass is 10.1. The molecule has 1 amide bonds. The molecule has 2 aromatic carbocycles. The van der Waals surface area contributed by atoms with Crippen molar-refractivity contribution in [3.05, 3.63) is 65.2 Å². The molecule has 0 spiro atoms. The first-order valence-electron chi connectivity index (χ1n) is 9.99. The van der Waals surface area contributed by atoms with Gasteiger partial charge in [-0.25, -0.2) is 0 Å². The predicted molar refractivity (Wildman–Crippen MR) is 119 cm³/mol. The molecule has 0 fully saturated rings. The molecule has 6 nitrogen and oxygen atoms in total. The van der Waals surface area contributed by atoms with Gasteiger partial charge in [-0.15, -0.1) is 0 Å². The Balaban J connectivity index is 1.88. The van der Waals surface area contributed by atoms with Gasteiger partial charge in [-0.2, -0.15) is 0 Å². The summed E-state index contributed by atoms with van der Waals surface area (Å²) in [6.45, 7) is 4.29. The summed E-state index contributed by atoms with van der Waals surface area (Å²) in [5, 5.41) is 6.64. The Labute approximate surface area is 174 Å². The van der Waals surface area contributed by atoms with Crippen molar-refractivity contribution in [2.75, 3.05) is 40.8 Å². The molecule has 0 aliphatic carbocycles. The number of amides is 1.